The molecule has 3 atom stereocenters. The number of benzene rings is 3. The van der Waals surface area contributed by atoms with Gasteiger partial charge >= 0.3 is 6.18 Å². The molecule has 1 aliphatic carbocycles. The zero-order valence-corrected chi connectivity index (χ0v) is 21.2. The van der Waals surface area contributed by atoms with Crippen LogP contribution in [-0.4, -0.2) is 23.7 Å². The van der Waals surface area contributed by atoms with Crippen LogP contribution in [-0.2, 0) is 23.8 Å². The van der Waals surface area contributed by atoms with Crippen LogP contribution < -0.4 is 10.6 Å². The quantitative estimate of drug-likeness (QED) is 0.236. The van der Waals surface area contributed by atoms with Gasteiger partial charge in [0.05, 0.1) is 11.6 Å². The van der Waals surface area contributed by atoms with E-state index in [4.69, 9.17) is 0 Å². The van der Waals surface area contributed by atoms with E-state index in [9.17, 15) is 26.7 Å². The number of rotatable bonds is 8. The molecule has 0 spiro atoms. The summed E-state index contributed by atoms with van der Waals surface area (Å²) in [7, 11) is 0. The molecule has 0 saturated heterocycles. The van der Waals surface area contributed by atoms with Gasteiger partial charge in [-0.2, -0.15) is 25.8 Å². The molecule has 0 aliphatic heterocycles. The topological polar surface area (TPSA) is 41.1 Å². The smallest absolute Gasteiger partial charge is 0.352 e. The van der Waals surface area contributed by atoms with E-state index in [1.165, 1.54) is 25.1 Å². The van der Waals surface area contributed by atoms with Crippen molar-refractivity contribution in [3.05, 3.63) is 94.0 Å². The normalized spacial score (nSPS) is 16.2. The first-order chi connectivity index (χ1) is 17.5. The van der Waals surface area contributed by atoms with E-state index in [-0.39, 0.29) is 24.4 Å². The lowest BCUT2D eigenvalue weighted by Gasteiger charge is -2.27. The third-order valence-electron chi connectivity index (χ3n) is 6.58. The number of hydrogen-bond acceptors (Lipinski definition) is 3. The maximum atomic E-state index is 13.9. The zero-order valence-electron chi connectivity index (χ0n) is 20.3. The van der Waals surface area contributed by atoms with E-state index in [1.807, 2.05) is 19.1 Å². The lowest BCUT2D eigenvalue weighted by atomic mass is 9.98. The average molecular weight is 535 g/mol. The van der Waals surface area contributed by atoms with Crippen molar-refractivity contribution in [3.63, 3.8) is 0 Å². The highest BCUT2D eigenvalue weighted by molar-refractivity contribution is 7.81. The van der Waals surface area contributed by atoms with E-state index in [1.54, 1.807) is 12.1 Å². The molecule has 0 saturated carbocycles. The van der Waals surface area contributed by atoms with Gasteiger partial charge in [0.15, 0.2) is 0 Å². The van der Waals surface area contributed by atoms with Crippen LogP contribution in [0.2, 0.25) is 0 Å². The van der Waals surface area contributed by atoms with Crippen molar-refractivity contribution in [1.82, 2.24) is 10.6 Å². The Bertz CT molecular complexity index is 1290. The predicted molar refractivity (Wildman–Crippen MR) is 137 cm³/mol. The fourth-order valence-electron chi connectivity index (χ4n) is 4.94. The van der Waals surface area contributed by atoms with Crippen LogP contribution in [0.3, 0.4) is 0 Å². The maximum absolute atomic E-state index is 13.9. The van der Waals surface area contributed by atoms with Gasteiger partial charge in [-0.05, 0) is 64.4 Å². The second-order valence-corrected chi connectivity index (χ2v) is 9.90. The molecular formula is C28H27F5N2OS. The average Bonchev–Trinajstić information content (AvgIpc) is 3.13. The molecule has 3 aromatic rings. The fraction of sp³-hybridized carbons (Fsp3) is 0.321. The summed E-state index contributed by atoms with van der Waals surface area (Å²) >= 11 is 4.66. The molecule has 3 aromatic carbocycles. The number of halogens is 5. The molecule has 0 aromatic heterocycles. The Morgan fingerprint density at radius 1 is 1.00 bits per heavy atom. The Labute approximate surface area is 217 Å². The molecule has 4 rings (SSSR count). The van der Waals surface area contributed by atoms with Crippen molar-refractivity contribution in [1.29, 1.82) is 0 Å². The molecule has 37 heavy (non-hydrogen) atoms. The summed E-state index contributed by atoms with van der Waals surface area (Å²) in [5.41, 5.74) is 2.62. The van der Waals surface area contributed by atoms with Crippen LogP contribution in [0.15, 0.2) is 54.6 Å². The van der Waals surface area contributed by atoms with Gasteiger partial charge in [0.2, 0.25) is 5.91 Å². The number of nitrogens with one attached hydrogen (secondary N) is 2. The highest BCUT2D eigenvalue weighted by atomic mass is 32.1. The monoisotopic (exact) mass is 534 g/mol. The third-order valence-corrected chi connectivity index (χ3v) is 7.12. The molecule has 0 heterocycles. The first-order valence-electron chi connectivity index (χ1n) is 11.9. The van der Waals surface area contributed by atoms with Crippen LogP contribution in [0, 0.1) is 11.6 Å². The molecular weight excluding hydrogens is 507 g/mol. The summed E-state index contributed by atoms with van der Waals surface area (Å²) in [4.78, 5) is 11.9. The van der Waals surface area contributed by atoms with Crippen LogP contribution in [0.4, 0.5) is 22.0 Å². The minimum atomic E-state index is -4.51. The second kappa shape index (κ2) is 10.8. The van der Waals surface area contributed by atoms with E-state index in [0.29, 0.717) is 16.7 Å². The second-order valence-electron chi connectivity index (χ2n) is 9.24. The Kier molecular flexibility index (Phi) is 7.94. The molecule has 196 valence electrons. The summed E-state index contributed by atoms with van der Waals surface area (Å²) in [6.07, 6.45) is -3.66. The van der Waals surface area contributed by atoms with E-state index < -0.39 is 40.7 Å². The van der Waals surface area contributed by atoms with Crippen molar-refractivity contribution in [3.8, 4) is 11.1 Å². The summed E-state index contributed by atoms with van der Waals surface area (Å²) < 4.78 is 69.1. The lowest BCUT2D eigenvalue weighted by Crippen LogP contribution is -2.46. The minimum Gasteiger partial charge on any atom is -0.352 e. The molecule has 0 bridgehead atoms. The Balaban J connectivity index is 1.63. The first-order valence-corrected chi connectivity index (χ1v) is 12.5. The van der Waals surface area contributed by atoms with Gasteiger partial charge in [0.1, 0.15) is 11.6 Å². The van der Waals surface area contributed by atoms with Crippen molar-refractivity contribution in [2.75, 3.05) is 6.54 Å². The van der Waals surface area contributed by atoms with Crippen LogP contribution >= 0.6 is 12.6 Å². The largest absolute Gasteiger partial charge is 0.417 e. The zero-order chi connectivity index (χ0) is 26.9. The molecule has 9 heteroatoms. The van der Waals surface area contributed by atoms with Gasteiger partial charge in [-0.1, -0.05) is 37.3 Å². The Morgan fingerprint density at radius 2 is 1.70 bits per heavy atom. The van der Waals surface area contributed by atoms with Crippen molar-refractivity contribution in [2.45, 2.75) is 50.2 Å². The maximum Gasteiger partial charge on any atom is 0.417 e. The van der Waals surface area contributed by atoms with Crippen LogP contribution in [0.25, 0.3) is 11.1 Å². The molecule has 0 fully saturated rings. The molecule has 1 aliphatic rings. The van der Waals surface area contributed by atoms with E-state index >= 15 is 0 Å². The lowest BCUT2D eigenvalue weighted by molar-refractivity contribution is -0.137. The Hall–Kier alpha value is -2.91. The molecule has 1 unspecified atom stereocenters. The van der Waals surface area contributed by atoms with Gasteiger partial charge in [-0.15, -0.1) is 0 Å². The first kappa shape index (κ1) is 27.1. The SMILES string of the molecule is CCc1ccc2c(c1)C(NC[C@H](S)[C@H](Cc1cc(F)cc(F)c1)NC(C)=O)c1cccc(C(F)(F)F)c1-2. The predicted octanol–water partition coefficient (Wildman–Crippen LogP) is 6.25. The number of amides is 1. The van der Waals surface area contributed by atoms with Gasteiger partial charge < -0.3 is 10.6 Å². The third kappa shape index (κ3) is 5.99. The van der Waals surface area contributed by atoms with E-state index in [0.717, 1.165) is 29.7 Å². The highest BCUT2D eigenvalue weighted by Crippen LogP contribution is 2.49. The van der Waals surface area contributed by atoms with E-state index in [2.05, 4.69) is 23.3 Å². The van der Waals surface area contributed by atoms with Gasteiger partial charge in [-0.25, -0.2) is 8.78 Å². The summed E-state index contributed by atoms with van der Waals surface area (Å²) in [5.74, 6) is -1.78. The van der Waals surface area contributed by atoms with Gasteiger partial charge in [-0.3, -0.25) is 4.79 Å². The summed E-state index contributed by atoms with van der Waals surface area (Å²) in [5, 5.41) is 5.61. The number of aryl methyl sites for hydroxylation is 1. The highest BCUT2D eigenvalue weighted by Gasteiger charge is 2.40. The van der Waals surface area contributed by atoms with Gasteiger partial charge in [0.25, 0.3) is 0 Å². The number of fused-ring (bicyclic) bond motifs is 3. The Morgan fingerprint density at radius 3 is 2.32 bits per heavy atom. The molecule has 0 radical (unpaired) electrons. The number of carbonyl (C=O) groups excluding carboxylic acids is 1. The van der Waals surface area contributed by atoms with Crippen LogP contribution in [0.5, 0.6) is 0 Å². The minimum absolute atomic E-state index is 0.125. The molecule has 3 nitrogen and oxygen atoms in total. The summed E-state index contributed by atoms with van der Waals surface area (Å²) in [6, 6.07) is 11.7. The molecule has 1 amide bonds. The van der Waals surface area contributed by atoms with Crippen molar-refractivity contribution < 1.29 is 26.7 Å². The number of thiol groups is 1. The standard InChI is InChI=1S/C28H27F5N2OS/c1-3-16-7-8-20-22(11-16)27(21-5-4-6-23(26(20)21)28(31,32)33)34-14-25(37)24(35-15(2)36)12-17-9-18(29)13-19(30)10-17/h4-11,13,24-25,27,34,37H,3,12,14H2,1-2H3,(H,35,36)/t24-,25-,27?/m0/s1. The fourth-order valence-corrected chi connectivity index (χ4v) is 5.23. The number of alkyl halides is 3. The number of carbonyl (C=O) groups is 1. The van der Waals surface area contributed by atoms with Crippen molar-refractivity contribution >= 4 is 18.5 Å². The van der Waals surface area contributed by atoms with Crippen LogP contribution in [0.1, 0.15) is 47.7 Å². The van der Waals surface area contributed by atoms with Gasteiger partial charge in [0, 0.05) is 30.8 Å². The summed E-state index contributed by atoms with van der Waals surface area (Å²) in [6.45, 7) is 3.52. The number of hydrogen-bond donors (Lipinski definition) is 3. The van der Waals surface area contributed by atoms with Crippen molar-refractivity contribution in [2.24, 2.45) is 0 Å². The molecule has 2 N–H and O–H groups in total.